The molecule has 30 heavy (non-hydrogen) atoms. The Morgan fingerprint density at radius 1 is 1.13 bits per heavy atom. The number of nitrogens with zero attached hydrogens (tertiary/aromatic N) is 4. The monoisotopic (exact) mass is 401 g/mol. The van der Waals surface area contributed by atoms with E-state index in [-0.39, 0.29) is 5.56 Å². The zero-order valence-electron chi connectivity index (χ0n) is 17.1. The van der Waals surface area contributed by atoms with E-state index in [0.717, 1.165) is 30.5 Å². The number of pyridine rings is 2. The Morgan fingerprint density at radius 2 is 1.97 bits per heavy atom. The van der Waals surface area contributed by atoms with Crippen molar-refractivity contribution in [2.45, 2.75) is 51.0 Å². The van der Waals surface area contributed by atoms with Crippen LogP contribution in [0.25, 0.3) is 28.3 Å². The van der Waals surface area contributed by atoms with Gasteiger partial charge >= 0.3 is 0 Å². The van der Waals surface area contributed by atoms with Gasteiger partial charge in [0.25, 0.3) is 5.56 Å². The second-order valence-electron chi connectivity index (χ2n) is 8.78. The molecular formula is C23H23N5O2. The van der Waals surface area contributed by atoms with Gasteiger partial charge in [-0.05, 0) is 68.3 Å². The van der Waals surface area contributed by atoms with E-state index in [1.165, 1.54) is 18.4 Å². The van der Waals surface area contributed by atoms with Crippen LogP contribution in [-0.4, -0.2) is 31.4 Å². The third-order valence-corrected chi connectivity index (χ3v) is 6.56. The van der Waals surface area contributed by atoms with Crippen molar-refractivity contribution >= 4 is 16.9 Å². The van der Waals surface area contributed by atoms with E-state index in [1.54, 1.807) is 17.4 Å². The summed E-state index contributed by atoms with van der Waals surface area (Å²) in [4.78, 5) is 26.6. The summed E-state index contributed by atoms with van der Waals surface area (Å²) in [5.74, 6) is 1.06. The lowest BCUT2D eigenvalue weighted by Gasteiger charge is -2.30. The normalized spacial score (nSPS) is 20.3. The first-order valence-corrected chi connectivity index (χ1v) is 10.5. The highest BCUT2D eigenvalue weighted by Gasteiger charge is 2.46. The van der Waals surface area contributed by atoms with Gasteiger partial charge in [-0.3, -0.25) is 9.20 Å². The number of hydrogen-bond acceptors (Lipinski definition) is 6. The number of rotatable bonds is 2. The lowest BCUT2D eigenvalue weighted by Crippen LogP contribution is -2.39. The number of hydrogen-bond donors (Lipinski definition) is 1. The predicted octanol–water partition coefficient (Wildman–Crippen LogP) is 3.51. The highest BCUT2D eigenvalue weighted by molar-refractivity contribution is 5.76. The average Bonchev–Trinajstić information content (AvgIpc) is 3.35. The first-order valence-electron chi connectivity index (χ1n) is 10.5. The molecule has 1 saturated heterocycles. The van der Waals surface area contributed by atoms with Gasteiger partial charge in [-0.15, -0.1) is 0 Å². The second kappa shape index (κ2) is 6.22. The van der Waals surface area contributed by atoms with Crippen LogP contribution in [0.2, 0.25) is 0 Å². The van der Waals surface area contributed by atoms with E-state index < -0.39 is 0 Å². The van der Waals surface area contributed by atoms with Crippen molar-refractivity contribution in [2.24, 2.45) is 0 Å². The zero-order valence-corrected chi connectivity index (χ0v) is 17.1. The fourth-order valence-electron chi connectivity index (χ4n) is 4.76. The van der Waals surface area contributed by atoms with Crippen LogP contribution in [0.4, 0.5) is 0 Å². The number of piperidine rings is 1. The molecule has 2 fully saturated rings. The Morgan fingerprint density at radius 3 is 2.80 bits per heavy atom. The average molecular weight is 401 g/mol. The third-order valence-electron chi connectivity index (χ3n) is 6.56. The maximum absolute atomic E-state index is 12.9. The summed E-state index contributed by atoms with van der Waals surface area (Å²) in [6.07, 6.45) is 6.76. The fraction of sp³-hybridized carbons (Fsp3) is 0.391. The molecule has 6 rings (SSSR count). The summed E-state index contributed by atoms with van der Waals surface area (Å²) in [5.41, 5.74) is 5.44. The van der Waals surface area contributed by atoms with Gasteiger partial charge < -0.3 is 9.73 Å². The molecule has 7 heteroatoms. The predicted molar refractivity (Wildman–Crippen MR) is 114 cm³/mol. The molecule has 1 aliphatic carbocycles. The molecule has 1 unspecified atom stereocenters. The van der Waals surface area contributed by atoms with Gasteiger partial charge in [0.1, 0.15) is 11.2 Å². The highest BCUT2D eigenvalue weighted by atomic mass is 16.4. The van der Waals surface area contributed by atoms with Crippen molar-refractivity contribution in [1.82, 2.24) is 24.7 Å². The Hall–Kier alpha value is -3.06. The van der Waals surface area contributed by atoms with Crippen molar-refractivity contribution < 1.29 is 4.42 Å². The van der Waals surface area contributed by atoms with Crippen LogP contribution in [0.5, 0.6) is 0 Å². The molecule has 1 aliphatic heterocycles. The number of fused-ring (bicyclic) bond motifs is 2. The van der Waals surface area contributed by atoms with Gasteiger partial charge in [-0.25, -0.2) is 15.0 Å². The van der Waals surface area contributed by atoms with Gasteiger partial charge in [-0.2, -0.15) is 0 Å². The van der Waals surface area contributed by atoms with Crippen molar-refractivity contribution in [3.05, 3.63) is 57.8 Å². The molecule has 0 aromatic carbocycles. The topological polar surface area (TPSA) is 85.3 Å². The second-order valence-corrected chi connectivity index (χ2v) is 8.78. The van der Waals surface area contributed by atoms with Crippen LogP contribution in [0.1, 0.15) is 48.6 Å². The maximum Gasteiger partial charge on any atom is 0.258 e. The first kappa shape index (κ1) is 17.8. The third kappa shape index (κ3) is 2.84. The Labute approximate surface area is 173 Å². The number of aromatic nitrogens is 4. The molecular weight excluding hydrogens is 378 g/mol. The van der Waals surface area contributed by atoms with Crippen LogP contribution >= 0.6 is 0 Å². The Kier molecular flexibility index (Phi) is 3.68. The van der Waals surface area contributed by atoms with E-state index >= 15 is 0 Å². The number of nitrogens with one attached hydrogen (secondary N) is 1. The summed E-state index contributed by atoms with van der Waals surface area (Å²) in [5, 5.41) is 3.66. The Bertz CT molecular complexity index is 1370. The minimum Gasteiger partial charge on any atom is -0.423 e. The van der Waals surface area contributed by atoms with Crippen molar-refractivity contribution in [1.29, 1.82) is 0 Å². The van der Waals surface area contributed by atoms with E-state index in [9.17, 15) is 4.79 Å². The lowest BCUT2D eigenvalue weighted by atomic mass is 9.86. The van der Waals surface area contributed by atoms with Crippen LogP contribution in [0.3, 0.4) is 0 Å². The quantitative estimate of drug-likeness (QED) is 0.553. The van der Waals surface area contributed by atoms with E-state index in [4.69, 9.17) is 9.40 Å². The van der Waals surface area contributed by atoms with Gasteiger partial charge in [0.2, 0.25) is 5.71 Å². The van der Waals surface area contributed by atoms with Crippen molar-refractivity contribution in [3.63, 3.8) is 0 Å². The summed E-state index contributed by atoms with van der Waals surface area (Å²) >= 11 is 0. The molecule has 1 spiro atoms. The van der Waals surface area contributed by atoms with Crippen LogP contribution in [0.15, 0.2) is 39.7 Å². The van der Waals surface area contributed by atoms with Crippen molar-refractivity contribution in [2.75, 3.05) is 6.54 Å². The number of oxazole rings is 1. The molecule has 2 aliphatic rings. The van der Waals surface area contributed by atoms with Gasteiger partial charge in [-0.1, -0.05) is 6.07 Å². The molecule has 0 amide bonds. The molecule has 7 nitrogen and oxygen atoms in total. The first-order chi connectivity index (χ1) is 14.5. The standard InChI is InChI=1S/C23H23N5O2/c1-13-9-17(27-22-21(13)25-14(2)30-22)18-10-20(29)28-12-16(3-4-19(28)26-18)15-5-8-24-23(11-15)6-7-23/h3-4,9-10,12,15,24H,5-8,11H2,1-2H3. The van der Waals surface area contributed by atoms with Crippen molar-refractivity contribution in [3.8, 4) is 11.4 Å². The van der Waals surface area contributed by atoms with Gasteiger partial charge in [0.15, 0.2) is 5.89 Å². The minimum atomic E-state index is -0.0970. The largest absolute Gasteiger partial charge is 0.423 e. The highest BCUT2D eigenvalue weighted by Crippen LogP contribution is 2.46. The lowest BCUT2D eigenvalue weighted by molar-refractivity contribution is 0.345. The summed E-state index contributed by atoms with van der Waals surface area (Å²) in [6.45, 7) is 4.80. The minimum absolute atomic E-state index is 0.0970. The summed E-state index contributed by atoms with van der Waals surface area (Å²) in [6, 6.07) is 7.53. The van der Waals surface area contributed by atoms with Crippen LogP contribution in [-0.2, 0) is 0 Å². The maximum atomic E-state index is 12.9. The summed E-state index contributed by atoms with van der Waals surface area (Å²) in [7, 11) is 0. The van der Waals surface area contributed by atoms with Crippen LogP contribution in [0, 0.1) is 13.8 Å². The fourth-order valence-corrected chi connectivity index (χ4v) is 4.76. The zero-order chi connectivity index (χ0) is 20.5. The SMILES string of the molecule is Cc1nc2c(C)cc(-c3cc(=O)n4cc(C5CCNC6(CC6)C5)ccc4n3)nc2o1. The molecule has 152 valence electrons. The van der Waals surface area contributed by atoms with Gasteiger partial charge in [0, 0.05) is 24.7 Å². The van der Waals surface area contributed by atoms with Crippen LogP contribution < -0.4 is 10.9 Å². The van der Waals surface area contributed by atoms with E-state index in [1.807, 2.05) is 25.3 Å². The molecule has 4 aromatic heterocycles. The molecule has 1 atom stereocenters. The molecule has 5 heterocycles. The van der Waals surface area contributed by atoms with Gasteiger partial charge in [0.05, 0.1) is 11.4 Å². The smallest absolute Gasteiger partial charge is 0.258 e. The molecule has 1 saturated carbocycles. The molecule has 1 N–H and O–H groups in total. The molecule has 0 bridgehead atoms. The molecule has 4 aromatic rings. The molecule has 0 radical (unpaired) electrons. The number of aryl methyl sites for hydroxylation is 2. The Balaban J connectivity index is 1.41. The van der Waals surface area contributed by atoms with E-state index in [2.05, 4.69) is 21.4 Å². The summed E-state index contributed by atoms with van der Waals surface area (Å²) < 4.78 is 7.25. The van der Waals surface area contributed by atoms with E-state index in [0.29, 0.717) is 40.1 Å².